The van der Waals surface area contributed by atoms with Crippen molar-refractivity contribution in [3.63, 3.8) is 0 Å². The van der Waals surface area contributed by atoms with Crippen molar-refractivity contribution in [2.45, 2.75) is 25.3 Å². The number of carbonyl (C=O) groups excluding carboxylic acids is 1. The minimum Gasteiger partial charge on any atom is -0.479 e. The first kappa shape index (κ1) is 15.6. The zero-order chi connectivity index (χ0) is 14.8. The van der Waals surface area contributed by atoms with Crippen LogP contribution < -0.4 is 10.6 Å². The minimum absolute atomic E-state index is 0.467. The maximum atomic E-state index is 11.6. The third kappa shape index (κ3) is 5.44. The lowest BCUT2D eigenvalue weighted by atomic mass is 10.1. The number of rotatable bonds is 7. The number of carbonyl (C=O) groups is 2. The fourth-order valence-electron chi connectivity index (χ4n) is 1.67. The molecule has 1 atom stereocenters. The van der Waals surface area contributed by atoms with Gasteiger partial charge in [-0.1, -0.05) is 30.3 Å². The van der Waals surface area contributed by atoms with E-state index in [1.807, 2.05) is 0 Å². The summed E-state index contributed by atoms with van der Waals surface area (Å²) in [4.78, 5) is 22.8. The van der Waals surface area contributed by atoms with E-state index in [4.69, 9.17) is 11.5 Å². The molecule has 1 aromatic carbocycles. The summed E-state index contributed by atoms with van der Waals surface area (Å²) in [7, 11) is 0. The molecule has 0 bridgehead atoms. The number of urea groups is 1. The van der Waals surface area contributed by atoms with Gasteiger partial charge < -0.3 is 15.7 Å². The Morgan fingerprint density at radius 3 is 2.55 bits per heavy atom. The van der Waals surface area contributed by atoms with E-state index >= 15 is 0 Å². The highest BCUT2D eigenvalue weighted by atomic mass is 16.4. The van der Waals surface area contributed by atoms with E-state index < -0.39 is 18.0 Å². The summed E-state index contributed by atoms with van der Waals surface area (Å²) in [6.07, 6.45) is 7.39. The van der Waals surface area contributed by atoms with Crippen molar-refractivity contribution in [2.24, 2.45) is 0 Å². The average molecular weight is 274 g/mol. The molecule has 0 aliphatic rings. The van der Waals surface area contributed by atoms with Gasteiger partial charge in [-0.15, -0.1) is 12.3 Å². The normalized spacial score (nSPS) is 11.2. The van der Waals surface area contributed by atoms with Crippen LogP contribution >= 0.6 is 0 Å². The Morgan fingerprint density at radius 1 is 1.25 bits per heavy atom. The molecule has 0 aromatic heterocycles. The molecule has 0 saturated heterocycles. The van der Waals surface area contributed by atoms with Crippen LogP contribution in [-0.4, -0.2) is 23.7 Å². The first-order chi connectivity index (χ1) is 9.65. The molecule has 106 valence electrons. The summed E-state index contributed by atoms with van der Waals surface area (Å²) in [6, 6.07) is 7.00. The highest BCUT2D eigenvalue weighted by Crippen LogP contribution is 2.12. The van der Waals surface area contributed by atoms with E-state index in [1.165, 1.54) is 0 Å². The molecule has 20 heavy (non-hydrogen) atoms. The predicted octanol–water partition coefficient (Wildman–Crippen LogP) is 1.92. The summed E-state index contributed by atoms with van der Waals surface area (Å²) in [5, 5.41) is 14.2. The second-order valence-electron chi connectivity index (χ2n) is 4.24. The molecule has 0 fully saturated rings. The summed E-state index contributed by atoms with van der Waals surface area (Å²) < 4.78 is 0. The SMILES string of the molecule is C#CCCCCNC(=O)N[C@@H](C(=O)O)c1ccccc1. The number of amides is 2. The lowest BCUT2D eigenvalue weighted by molar-refractivity contribution is -0.139. The topological polar surface area (TPSA) is 78.4 Å². The van der Waals surface area contributed by atoms with Gasteiger partial charge in [0.1, 0.15) is 0 Å². The molecule has 0 spiro atoms. The van der Waals surface area contributed by atoms with Gasteiger partial charge in [-0.2, -0.15) is 0 Å². The standard InChI is InChI=1S/C15H18N2O3/c1-2-3-4-8-11-16-15(20)17-13(14(18)19)12-9-6-5-7-10-12/h1,5-7,9-10,13H,3-4,8,11H2,(H,18,19)(H2,16,17,20)/t13-/m1/s1. The monoisotopic (exact) mass is 274 g/mol. The third-order valence-corrected chi connectivity index (χ3v) is 2.69. The highest BCUT2D eigenvalue weighted by molar-refractivity contribution is 5.83. The summed E-state index contributed by atoms with van der Waals surface area (Å²) in [5.74, 6) is 1.42. The quantitative estimate of drug-likeness (QED) is 0.525. The number of carboxylic acids is 1. The van der Waals surface area contributed by atoms with E-state index in [0.717, 1.165) is 12.8 Å². The highest BCUT2D eigenvalue weighted by Gasteiger charge is 2.21. The molecule has 0 radical (unpaired) electrons. The fourth-order valence-corrected chi connectivity index (χ4v) is 1.67. The molecular formula is C15H18N2O3. The lowest BCUT2D eigenvalue weighted by Crippen LogP contribution is -2.41. The summed E-state index contributed by atoms with van der Waals surface area (Å²) in [5.41, 5.74) is 0.530. The Bertz CT molecular complexity index is 480. The molecule has 0 heterocycles. The second-order valence-corrected chi connectivity index (χ2v) is 4.24. The van der Waals surface area contributed by atoms with Crippen molar-refractivity contribution in [1.29, 1.82) is 0 Å². The molecule has 1 rings (SSSR count). The van der Waals surface area contributed by atoms with Crippen LogP contribution in [0.1, 0.15) is 30.9 Å². The van der Waals surface area contributed by atoms with Gasteiger partial charge in [-0.3, -0.25) is 0 Å². The lowest BCUT2D eigenvalue weighted by Gasteiger charge is -2.15. The number of unbranched alkanes of at least 4 members (excludes halogenated alkanes) is 2. The van der Waals surface area contributed by atoms with Crippen LogP contribution in [0.5, 0.6) is 0 Å². The zero-order valence-electron chi connectivity index (χ0n) is 11.1. The largest absolute Gasteiger partial charge is 0.479 e. The van der Waals surface area contributed by atoms with E-state index in [1.54, 1.807) is 30.3 Å². The van der Waals surface area contributed by atoms with Crippen LogP contribution in [0.2, 0.25) is 0 Å². The Balaban J connectivity index is 2.45. The Labute approximate surface area is 118 Å². The molecule has 1 aromatic rings. The molecule has 0 unspecified atom stereocenters. The molecule has 5 nitrogen and oxygen atoms in total. The summed E-state index contributed by atoms with van der Waals surface area (Å²) >= 11 is 0. The van der Waals surface area contributed by atoms with Gasteiger partial charge in [0.25, 0.3) is 0 Å². The Hall–Kier alpha value is -2.48. The number of hydrogen-bond donors (Lipinski definition) is 3. The van der Waals surface area contributed by atoms with E-state index in [0.29, 0.717) is 18.5 Å². The molecular weight excluding hydrogens is 256 g/mol. The number of terminal acetylenes is 1. The molecule has 0 aliphatic carbocycles. The van der Waals surface area contributed by atoms with Gasteiger partial charge in [0, 0.05) is 13.0 Å². The second kappa shape index (κ2) is 8.59. The zero-order valence-corrected chi connectivity index (χ0v) is 11.1. The Morgan fingerprint density at radius 2 is 1.95 bits per heavy atom. The smallest absolute Gasteiger partial charge is 0.330 e. The molecule has 5 heteroatoms. The number of hydrogen-bond acceptors (Lipinski definition) is 2. The molecule has 3 N–H and O–H groups in total. The van der Waals surface area contributed by atoms with Crippen LogP contribution in [0.25, 0.3) is 0 Å². The van der Waals surface area contributed by atoms with Crippen molar-refractivity contribution in [1.82, 2.24) is 10.6 Å². The van der Waals surface area contributed by atoms with Crippen molar-refractivity contribution in [3.8, 4) is 12.3 Å². The van der Waals surface area contributed by atoms with Gasteiger partial charge in [-0.05, 0) is 18.4 Å². The first-order valence-corrected chi connectivity index (χ1v) is 6.40. The molecule has 0 saturated carbocycles. The number of benzene rings is 1. The first-order valence-electron chi connectivity index (χ1n) is 6.40. The van der Waals surface area contributed by atoms with E-state index in [-0.39, 0.29) is 0 Å². The van der Waals surface area contributed by atoms with Crippen LogP contribution in [-0.2, 0) is 4.79 Å². The van der Waals surface area contributed by atoms with E-state index in [9.17, 15) is 9.59 Å². The van der Waals surface area contributed by atoms with Crippen LogP contribution in [0.15, 0.2) is 30.3 Å². The van der Waals surface area contributed by atoms with Crippen molar-refractivity contribution >= 4 is 12.0 Å². The molecule has 2 amide bonds. The van der Waals surface area contributed by atoms with Gasteiger partial charge in [0.05, 0.1) is 0 Å². The van der Waals surface area contributed by atoms with E-state index in [2.05, 4.69) is 16.6 Å². The number of nitrogens with one attached hydrogen (secondary N) is 2. The van der Waals surface area contributed by atoms with Crippen molar-refractivity contribution < 1.29 is 14.7 Å². The number of aliphatic carboxylic acids is 1. The van der Waals surface area contributed by atoms with Gasteiger partial charge in [-0.25, -0.2) is 9.59 Å². The third-order valence-electron chi connectivity index (χ3n) is 2.69. The van der Waals surface area contributed by atoms with Gasteiger partial charge >= 0.3 is 12.0 Å². The van der Waals surface area contributed by atoms with Crippen molar-refractivity contribution in [3.05, 3.63) is 35.9 Å². The number of carboxylic acid groups (broad SMARTS) is 1. The Kier molecular flexibility index (Phi) is 6.69. The average Bonchev–Trinajstić information content (AvgIpc) is 2.45. The maximum absolute atomic E-state index is 11.6. The molecule has 0 aliphatic heterocycles. The van der Waals surface area contributed by atoms with Crippen molar-refractivity contribution in [2.75, 3.05) is 6.54 Å². The minimum atomic E-state index is -1.10. The summed E-state index contributed by atoms with van der Waals surface area (Å²) in [6.45, 7) is 0.467. The van der Waals surface area contributed by atoms with Crippen LogP contribution in [0, 0.1) is 12.3 Å². The van der Waals surface area contributed by atoms with Crippen LogP contribution in [0.3, 0.4) is 0 Å². The fraction of sp³-hybridized carbons (Fsp3) is 0.333. The van der Waals surface area contributed by atoms with Gasteiger partial charge in [0.2, 0.25) is 0 Å². The van der Waals surface area contributed by atoms with Crippen LogP contribution in [0.4, 0.5) is 4.79 Å². The maximum Gasteiger partial charge on any atom is 0.330 e. The predicted molar refractivity (Wildman–Crippen MR) is 76.0 cm³/mol. The van der Waals surface area contributed by atoms with Gasteiger partial charge in [0.15, 0.2) is 6.04 Å².